The number of piperidine rings is 1. The molecule has 0 bridgehead atoms. The Balaban J connectivity index is 1.89. The summed E-state index contributed by atoms with van der Waals surface area (Å²) in [4.78, 5) is 24.7. The first-order chi connectivity index (χ1) is 10.1. The van der Waals surface area contributed by atoms with Crippen molar-refractivity contribution in [1.29, 1.82) is 0 Å². The van der Waals surface area contributed by atoms with Crippen LogP contribution in [0.3, 0.4) is 0 Å². The van der Waals surface area contributed by atoms with Crippen molar-refractivity contribution in [3.05, 3.63) is 35.9 Å². The fraction of sp³-hybridized carbons (Fsp3) is 0.467. The Labute approximate surface area is 123 Å². The molecule has 1 heterocycles. The Hall–Kier alpha value is -2.08. The van der Waals surface area contributed by atoms with Crippen molar-refractivity contribution in [2.45, 2.75) is 13.0 Å². The Morgan fingerprint density at radius 3 is 2.67 bits per heavy atom. The van der Waals surface area contributed by atoms with Gasteiger partial charge in [0.05, 0.1) is 5.92 Å². The molecular weight excluding hydrogens is 272 g/mol. The molecule has 3 N–H and O–H groups in total. The lowest BCUT2D eigenvalue weighted by Crippen LogP contribution is -2.48. The van der Waals surface area contributed by atoms with Gasteiger partial charge in [-0.3, -0.25) is 4.79 Å². The molecule has 1 aliphatic rings. The van der Waals surface area contributed by atoms with Gasteiger partial charge in [0, 0.05) is 13.1 Å². The van der Waals surface area contributed by atoms with Gasteiger partial charge in [-0.15, -0.1) is 0 Å². The summed E-state index contributed by atoms with van der Waals surface area (Å²) in [7, 11) is 0. The molecule has 6 heteroatoms. The van der Waals surface area contributed by atoms with Gasteiger partial charge >= 0.3 is 12.1 Å². The number of nitrogens with two attached hydrogens (primary N) is 1. The van der Waals surface area contributed by atoms with Crippen LogP contribution in [0.25, 0.3) is 0 Å². The third-order valence-corrected chi connectivity index (χ3v) is 3.84. The number of likely N-dealkylation sites (tertiary alicyclic amines) is 1. The molecule has 1 fully saturated rings. The molecule has 1 aromatic carbocycles. The number of ether oxygens (including phenoxy) is 1. The van der Waals surface area contributed by atoms with E-state index in [2.05, 4.69) is 0 Å². The van der Waals surface area contributed by atoms with E-state index in [1.807, 2.05) is 30.3 Å². The molecular formula is C15H20N2O4. The highest BCUT2D eigenvalue weighted by Gasteiger charge is 2.35. The van der Waals surface area contributed by atoms with Crippen LogP contribution in [-0.2, 0) is 16.1 Å². The fourth-order valence-corrected chi connectivity index (χ4v) is 2.54. The standard InChI is InChI=1S/C15H20N2O4/c16-8-12-6-7-17(9-13(12)14(18)19)15(20)21-10-11-4-2-1-3-5-11/h1-5,12-13H,6-10,16H2,(H,18,19). The SMILES string of the molecule is NCC1CCN(C(=O)OCc2ccccc2)CC1C(=O)O. The van der Waals surface area contributed by atoms with Gasteiger partial charge in [0.1, 0.15) is 6.61 Å². The van der Waals surface area contributed by atoms with E-state index < -0.39 is 18.0 Å². The zero-order chi connectivity index (χ0) is 15.2. The minimum absolute atomic E-state index is 0.0827. The fourth-order valence-electron chi connectivity index (χ4n) is 2.54. The number of hydrogen-bond donors (Lipinski definition) is 2. The average Bonchev–Trinajstić information content (AvgIpc) is 2.52. The van der Waals surface area contributed by atoms with E-state index in [-0.39, 0.29) is 19.1 Å². The molecule has 0 saturated carbocycles. The molecule has 0 aliphatic carbocycles. The van der Waals surface area contributed by atoms with Crippen LogP contribution in [0, 0.1) is 11.8 Å². The predicted octanol–water partition coefficient (Wildman–Crippen LogP) is 1.30. The van der Waals surface area contributed by atoms with Gasteiger partial charge in [0.2, 0.25) is 0 Å². The summed E-state index contributed by atoms with van der Waals surface area (Å²) in [5.41, 5.74) is 6.49. The number of carbonyl (C=O) groups excluding carboxylic acids is 1. The van der Waals surface area contributed by atoms with Crippen molar-refractivity contribution in [1.82, 2.24) is 4.90 Å². The molecule has 2 unspecified atom stereocenters. The quantitative estimate of drug-likeness (QED) is 0.872. The third kappa shape index (κ3) is 3.95. The summed E-state index contributed by atoms with van der Waals surface area (Å²) < 4.78 is 5.23. The number of benzene rings is 1. The first-order valence-corrected chi connectivity index (χ1v) is 7.00. The highest BCUT2D eigenvalue weighted by molar-refractivity contribution is 5.73. The second-order valence-electron chi connectivity index (χ2n) is 5.22. The second-order valence-corrected chi connectivity index (χ2v) is 5.22. The monoisotopic (exact) mass is 292 g/mol. The summed E-state index contributed by atoms with van der Waals surface area (Å²) in [5, 5.41) is 9.21. The van der Waals surface area contributed by atoms with Gasteiger partial charge in [0.15, 0.2) is 0 Å². The van der Waals surface area contributed by atoms with E-state index in [0.717, 1.165) is 5.56 Å². The van der Waals surface area contributed by atoms with Gasteiger partial charge in [-0.1, -0.05) is 30.3 Å². The molecule has 1 aliphatic heterocycles. The van der Waals surface area contributed by atoms with Crippen LogP contribution in [0.4, 0.5) is 4.79 Å². The van der Waals surface area contributed by atoms with Crippen molar-refractivity contribution in [3.63, 3.8) is 0 Å². The molecule has 0 spiro atoms. The topological polar surface area (TPSA) is 92.9 Å². The molecule has 0 aromatic heterocycles. The van der Waals surface area contributed by atoms with E-state index in [1.54, 1.807) is 0 Å². The lowest BCUT2D eigenvalue weighted by Gasteiger charge is -2.35. The first-order valence-electron chi connectivity index (χ1n) is 7.00. The number of carboxylic acids is 1. The third-order valence-electron chi connectivity index (χ3n) is 3.84. The molecule has 1 amide bonds. The van der Waals surface area contributed by atoms with Crippen LogP contribution in [0.5, 0.6) is 0 Å². The Morgan fingerprint density at radius 1 is 1.33 bits per heavy atom. The van der Waals surface area contributed by atoms with Crippen LogP contribution in [0.2, 0.25) is 0 Å². The van der Waals surface area contributed by atoms with Gasteiger partial charge in [-0.25, -0.2) is 4.79 Å². The van der Waals surface area contributed by atoms with Crippen molar-refractivity contribution >= 4 is 12.1 Å². The largest absolute Gasteiger partial charge is 0.481 e. The van der Waals surface area contributed by atoms with Crippen molar-refractivity contribution in [2.75, 3.05) is 19.6 Å². The lowest BCUT2D eigenvalue weighted by atomic mass is 9.86. The predicted molar refractivity (Wildman–Crippen MR) is 76.5 cm³/mol. The van der Waals surface area contributed by atoms with E-state index in [9.17, 15) is 14.7 Å². The zero-order valence-electron chi connectivity index (χ0n) is 11.8. The van der Waals surface area contributed by atoms with Crippen molar-refractivity contribution < 1.29 is 19.4 Å². The Kier molecular flexibility index (Phi) is 5.16. The molecule has 114 valence electrons. The maximum atomic E-state index is 12.0. The summed E-state index contributed by atoms with van der Waals surface area (Å²) in [6, 6.07) is 9.37. The van der Waals surface area contributed by atoms with Crippen LogP contribution < -0.4 is 5.73 Å². The van der Waals surface area contributed by atoms with E-state index in [0.29, 0.717) is 19.5 Å². The van der Waals surface area contributed by atoms with E-state index >= 15 is 0 Å². The number of aliphatic carboxylic acids is 1. The number of nitrogens with zero attached hydrogens (tertiary/aromatic N) is 1. The smallest absolute Gasteiger partial charge is 0.410 e. The minimum atomic E-state index is -0.911. The summed E-state index contributed by atoms with van der Waals surface area (Å²) in [6.45, 7) is 1.15. The first kappa shape index (κ1) is 15.3. The number of carboxylic acid groups (broad SMARTS) is 1. The molecule has 6 nitrogen and oxygen atoms in total. The van der Waals surface area contributed by atoms with Crippen molar-refractivity contribution in [2.24, 2.45) is 17.6 Å². The number of hydrogen-bond acceptors (Lipinski definition) is 4. The van der Waals surface area contributed by atoms with E-state index in [1.165, 1.54) is 4.90 Å². The molecule has 0 radical (unpaired) electrons. The second kappa shape index (κ2) is 7.08. The maximum Gasteiger partial charge on any atom is 0.410 e. The Morgan fingerprint density at radius 2 is 2.05 bits per heavy atom. The van der Waals surface area contributed by atoms with Gasteiger partial charge < -0.3 is 20.5 Å². The van der Waals surface area contributed by atoms with Crippen LogP contribution in [-0.4, -0.2) is 41.7 Å². The molecule has 1 saturated heterocycles. The molecule has 2 atom stereocenters. The van der Waals surface area contributed by atoms with E-state index in [4.69, 9.17) is 10.5 Å². The lowest BCUT2D eigenvalue weighted by molar-refractivity contribution is -0.145. The Bertz CT molecular complexity index is 492. The minimum Gasteiger partial charge on any atom is -0.481 e. The molecule has 2 rings (SSSR count). The summed E-state index contributed by atoms with van der Waals surface area (Å²) >= 11 is 0. The number of rotatable bonds is 4. The zero-order valence-corrected chi connectivity index (χ0v) is 11.8. The number of amides is 1. The molecule has 1 aromatic rings. The van der Waals surface area contributed by atoms with Crippen LogP contribution >= 0.6 is 0 Å². The van der Waals surface area contributed by atoms with Crippen LogP contribution in [0.1, 0.15) is 12.0 Å². The van der Waals surface area contributed by atoms with Crippen LogP contribution in [0.15, 0.2) is 30.3 Å². The van der Waals surface area contributed by atoms with Gasteiger partial charge in [-0.2, -0.15) is 0 Å². The van der Waals surface area contributed by atoms with Crippen molar-refractivity contribution in [3.8, 4) is 0 Å². The summed E-state index contributed by atoms with van der Waals surface area (Å²) in [5.74, 6) is -1.61. The highest BCUT2D eigenvalue weighted by Crippen LogP contribution is 2.23. The highest BCUT2D eigenvalue weighted by atomic mass is 16.6. The summed E-state index contributed by atoms with van der Waals surface area (Å²) in [6.07, 6.45) is 0.119. The van der Waals surface area contributed by atoms with Gasteiger partial charge in [-0.05, 0) is 24.4 Å². The molecule has 21 heavy (non-hydrogen) atoms. The number of carbonyl (C=O) groups is 2. The normalized spacial score (nSPS) is 21.9. The maximum absolute atomic E-state index is 12.0. The average molecular weight is 292 g/mol. The van der Waals surface area contributed by atoms with Gasteiger partial charge in [0.25, 0.3) is 0 Å².